The third kappa shape index (κ3) is 4.01. The number of amides is 1. The lowest BCUT2D eigenvalue weighted by Crippen LogP contribution is -2.42. The minimum Gasteiger partial charge on any atom is -0.373 e. The van der Waals surface area contributed by atoms with E-state index in [1.165, 1.54) is 12.1 Å². The number of fused-ring (bicyclic) bond motifs is 3. The second-order valence-electron chi connectivity index (χ2n) is 8.19. The average molecular weight is 465 g/mol. The molecule has 33 heavy (non-hydrogen) atoms. The van der Waals surface area contributed by atoms with Crippen molar-refractivity contribution in [1.29, 1.82) is 0 Å². The number of benzene rings is 2. The van der Waals surface area contributed by atoms with Crippen molar-refractivity contribution in [1.82, 2.24) is 9.80 Å². The Morgan fingerprint density at radius 1 is 1.06 bits per heavy atom. The van der Waals surface area contributed by atoms with Crippen molar-refractivity contribution < 1.29 is 9.72 Å². The summed E-state index contributed by atoms with van der Waals surface area (Å²) in [6.07, 6.45) is 1.99. The zero-order valence-corrected chi connectivity index (χ0v) is 18.7. The minimum absolute atomic E-state index is 0.0891. The number of carbonyl (C=O) groups is 1. The number of likely N-dealkylation sites (N-methyl/N-ethyl adjacent to an activating group) is 1. The Kier molecular flexibility index (Phi) is 5.43. The van der Waals surface area contributed by atoms with Crippen molar-refractivity contribution in [3.05, 3.63) is 80.6 Å². The van der Waals surface area contributed by atoms with Gasteiger partial charge in [-0.2, -0.15) is 0 Å². The molecule has 0 aromatic heterocycles. The maximum absolute atomic E-state index is 13.2. The number of carbonyl (C=O) groups excluding carboxylic acids is 1. The number of amidine groups is 1. The molecular formula is C23H21ClN6O3. The van der Waals surface area contributed by atoms with Crippen LogP contribution in [0.2, 0.25) is 5.02 Å². The quantitative estimate of drug-likeness (QED) is 0.512. The smallest absolute Gasteiger partial charge is 0.313 e. The first kappa shape index (κ1) is 21.3. The highest BCUT2D eigenvalue weighted by Gasteiger charge is 2.35. The summed E-state index contributed by atoms with van der Waals surface area (Å²) >= 11 is 6.40. The lowest BCUT2D eigenvalue weighted by Gasteiger charge is -2.31. The number of hydrogen-bond acceptors (Lipinski definition) is 7. The number of rotatable bonds is 3. The predicted molar refractivity (Wildman–Crippen MR) is 127 cm³/mol. The largest absolute Gasteiger partial charge is 0.373 e. The first-order valence-corrected chi connectivity index (χ1v) is 10.9. The molecule has 0 spiro atoms. The summed E-state index contributed by atoms with van der Waals surface area (Å²) in [4.78, 5) is 39.4. The first-order chi connectivity index (χ1) is 15.9. The Hall–Kier alpha value is -3.56. The van der Waals surface area contributed by atoms with E-state index in [1.54, 1.807) is 35.2 Å². The van der Waals surface area contributed by atoms with Crippen molar-refractivity contribution in [2.75, 3.05) is 44.7 Å². The van der Waals surface area contributed by atoms with Crippen molar-refractivity contribution in [3.63, 3.8) is 0 Å². The maximum Gasteiger partial charge on any atom is 0.313 e. The Bertz CT molecular complexity index is 1250. The van der Waals surface area contributed by atoms with E-state index < -0.39 is 10.8 Å². The number of non-ortho nitro benzene ring substituents is 1. The van der Waals surface area contributed by atoms with Crippen LogP contribution in [0, 0.1) is 10.1 Å². The van der Waals surface area contributed by atoms with Crippen LogP contribution in [0.25, 0.3) is 0 Å². The van der Waals surface area contributed by atoms with E-state index in [2.05, 4.69) is 26.8 Å². The van der Waals surface area contributed by atoms with Gasteiger partial charge in [-0.25, -0.2) is 9.98 Å². The summed E-state index contributed by atoms with van der Waals surface area (Å²) in [5.41, 5.74) is 2.59. The maximum atomic E-state index is 13.2. The van der Waals surface area contributed by atoms with Crippen LogP contribution in [0.5, 0.6) is 0 Å². The number of hydrogen-bond donors (Lipinski definition) is 0. The number of aliphatic imine (C=N–C) groups is 2. The summed E-state index contributed by atoms with van der Waals surface area (Å²) in [7, 11) is 2.09. The molecule has 2 aromatic carbocycles. The van der Waals surface area contributed by atoms with Crippen LogP contribution in [-0.2, 0) is 4.79 Å². The highest BCUT2D eigenvalue weighted by molar-refractivity contribution is 6.49. The first-order valence-electron chi connectivity index (χ1n) is 10.6. The second kappa shape index (κ2) is 8.42. The normalized spacial score (nSPS) is 19.7. The third-order valence-electron chi connectivity index (χ3n) is 5.97. The Morgan fingerprint density at radius 3 is 2.55 bits per heavy atom. The molecule has 0 radical (unpaired) electrons. The van der Waals surface area contributed by atoms with E-state index in [1.807, 2.05) is 6.20 Å². The molecule has 0 saturated carbocycles. The number of nitro benzene ring substituents is 1. The Labute approximate surface area is 195 Å². The molecule has 10 heteroatoms. The van der Waals surface area contributed by atoms with Gasteiger partial charge in [0.05, 0.1) is 28.6 Å². The van der Waals surface area contributed by atoms with Gasteiger partial charge in [0.25, 0.3) is 5.69 Å². The fourth-order valence-electron chi connectivity index (χ4n) is 4.20. The van der Waals surface area contributed by atoms with E-state index in [4.69, 9.17) is 11.6 Å². The highest BCUT2D eigenvalue weighted by Crippen LogP contribution is 2.35. The summed E-state index contributed by atoms with van der Waals surface area (Å²) in [5, 5.41) is 11.9. The summed E-state index contributed by atoms with van der Waals surface area (Å²) in [5.74, 6) is -0.307. The van der Waals surface area contributed by atoms with E-state index in [0.29, 0.717) is 34.1 Å². The Balaban J connectivity index is 1.61. The van der Waals surface area contributed by atoms with E-state index in [9.17, 15) is 14.9 Å². The summed E-state index contributed by atoms with van der Waals surface area (Å²) < 4.78 is 0. The lowest BCUT2D eigenvalue weighted by atomic mass is 9.99. The zero-order valence-electron chi connectivity index (χ0n) is 17.9. The standard InChI is InChI=1S/C23H21ClN6O3/c1-27-8-10-28(11-9-27)13-15-14-29-20-7-6-16(30(32)33)12-18(20)21(26-23(31)22(29)25-15)17-4-2-3-5-19(17)24/h2-7,12-13H,8-11,14H2,1H3. The fraction of sp³-hybridized carbons (Fsp3) is 0.261. The molecule has 0 bridgehead atoms. The van der Waals surface area contributed by atoms with E-state index in [0.717, 1.165) is 31.9 Å². The molecule has 3 aliphatic rings. The van der Waals surface area contributed by atoms with Crippen LogP contribution < -0.4 is 4.90 Å². The molecule has 2 aromatic rings. The molecule has 168 valence electrons. The summed E-state index contributed by atoms with van der Waals surface area (Å²) in [6.45, 7) is 4.07. The monoisotopic (exact) mass is 464 g/mol. The second-order valence-corrected chi connectivity index (χ2v) is 8.59. The van der Waals surface area contributed by atoms with Crippen LogP contribution in [0.15, 0.2) is 64.3 Å². The van der Waals surface area contributed by atoms with E-state index >= 15 is 0 Å². The zero-order chi connectivity index (χ0) is 23.1. The molecule has 0 unspecified atom stereocenters. The Morgan fingerprint density at radius 2 is 1.82 bits per heavy atom. The van der Waals surface area contributed by atoms with Crippen molar-refractivity contribution in [2.24, 2.45) is 9.98 Å². The molecule has 0 aliphatic carbocycles. The molecule has 9 nitrogen and oxygen atoms in total. The highest BCUT2D eigenvalue weighted by atomic mass is 35.5. The van der Waals surface area contributed by atoms with Crippen LogP contribution in [0.3, 0.4) is 0 Å². The predicted octanol–water partition coefficient (Wildman–Crippen LogP) is 2.93. The third-order valence-corrected chi connectivity index (χ3v) is 6.29. The molecule has 3 heterocycles. The van der Waals surface area contributed by atoms with Crippen LogP contribution in [-0.4, -0.2) is 71.9 Å². The van der Waals surface area contributed by atoms with Crippen molar-refractivity contribution in [2.45, 2.75) is 0 Å². The number of nitrogens with zero attached hydrogens (tertiary/aromatic N) is 6. The van der Waals surface area contributed by atoms with Crippen molar-refractivity contribution >= 4 is 40.4 Å². The number of piperazine rings is 1. The number of anilines is 1. The summed E-state index contributed by atoms with van der Waals surface area (Å²) in [6, 6.07) is 11.5. The van der Waals surface area contributed by atoms with Crippen LogP contribution in [0.1, 0.15) is 11.1 Å². The molecule has 5 rings (SSSR count). The molecule has 0 N–H and O–H groups in total. The van der Waals surface area contributed by atoms with Gasteiger partial charge in [0.2, 0.25) is 5.84 Å². The van der Waals surface area contributed by atoms with Gasteiger partial charge in [-0.15, -0.1) is 0 Å². The molecule has 3 aliphatic heterocycles. The van der Waals surface area contributed by atoms with Gasteiger partial charge in [0, 0.05) is 60.7 Å². The van der Waals surface area contributed by atoms with Crippen LogP contribution >= 0.6 is 11.6 Å². The van der Waals surface area contributed by atoms with Gasteiger partial charge in [0.1, 0.15) is 0 Å². The minimum atomic E-state index is -0.509. The molecule has 1 saturated heterocycles. The van der Waals surface area contributed by atoms with Gasteiger partial charge in [0.15, 0.2) is 0 Å². The number of halogens is 1. The average Bonchev–Trinajstić information content (AvgIpc) is 3.18. The van der Waals surface area contributed by atoms with Crippen LogP contribution in [0.4, 0.5) is 11.4 Å². The fourth-order valence-corrected chi connectivity index (χ4v) is 4.42. The van der Waals surface area contributed by atoms with Gasteiger partial charge in [-0.3, -0.25) is 14.9 Å². The van der Waals surface area contributed by atoms with Gasteiger partial charge in [-0.05, 0) is 19.2 Å². The van der Waals surface area contributed by atoms with Gasteiger partial charge < -0.3 is 14.7 Å². The number of nitro groups is 1. The molecule has 1 fully saturated rings. The lowest BCUT2D eigenvalue weighted by molar-refractivity contribution is -0.384. The topological polar surface area (TPSA) is 94.7 Å². The van der Waals surface area contributed by atoms with Gasteiger partial charge >= 0.3 is 5.91 Å². The van der Waals surface area contributed by atoms with E-state index in [-0.39, 0.29) is 11.5 Å². The molecule has 0 atom stereocenters. The van der Waals surface area contributed by atoms with Crippen molar-refractivity contribution in [3.8, 4) is 0 Å². The molecular weight excluding hydrogens is 444 g/mol. The SMILES string of the molecule is CN1CCN(C=C2CN3C(=N2)C(=O)N=C(c2ccccc2Cl)c2cc([N+](=O)[O-])ccc23)CC1. The van der Waals surface area contributed by atoms with Gasteiger partial charge in [-0.1, -0.05) is 29.8 Å². The molecule has 1 amide bonds.